The molecule has 0 radical (unpaired) electrons. The van der Waals surface area contributed by atoms with Crippen LogP contribution >= 0.6 is 11.8 Å². The van der Waals surface area contributed by atoms with E-state index in [2.05, 4.69) is 18.2 Å². The van der Waals surface area contributed by atoms with E-state index >= 15 is 0 Å². The summed E-state index contributed by atoms with van der Waals surface area (Å²) in [5.74, 6) is 0.148. The lowest BCUT2D eigenvalue weighted by molar-refractivity contribution is 0.0698. The van der Waals surface area contributed by atoms with Crippen molar-refractivity contribution < 1.29 is 9.90 Å². The first-order valence-corrected chi connectivity index (χ1v) is 7.22. The van der Waals surface area contributed by atoms with E-state index in [4.69, 9.17) is 0 Å². The zero-order valence-corrected chi connectivity index (χ0v) is 11.3. The molecule has 0 amide bonds. The molecule has 1 aromatic carbocycles. The fraction of sp³-hybridized carbons (Fsp3) is 0.385. The van der Waals surface area contributed by atoms with Crippen LogP contribution in [0, 0.1) is 0 Å². The summed E-state index contributed by atoms with van der Waals surface area (Å²) in [6.07, 6.45) is 4.81. The number of hydrogen-bond donors (Lipinski definition) is 1. The van der Waals surface area contributed by atoms with Crippen LogP contribution in [0.1, 0.15) is 29.7 Å². The molecule has 0 aliphatic rings. The molecule has 96 valence electrons. The molecule has 2 rings (SSSR count). The molecule has 0 saturated carbocycles. The van der Waals surface area contributed by atoms with Crippen LogP contribution in [-0.4, -0.2) is 32.6 Å². The van der Waals surface area contributed by atoms with Crippen LogP contribution in [-0.2, 0) is 0 Å². The van der Waals surface area contributed by atoms with Gasteiger partial charge in [-0.2, -0.15) is 11.8 Å². The van der Waals surface area contributed by atoms with Crippen molar-refractivity contribution in [3.05, 3.63) is 30.1 Å². The van der Waals surface area contributed by atoms with Gasteiger partial charge in [0, 0.05) is 6.04 Å². The molecule has 0 bridgehead atoms. The Morgan fingerprint density at radius 1 is 1.56 bits per heavy atom. The molecule has 1 aromatic heterocycles. The number of carboxylic acids is 1. The number of thioether (sulfide) groups is 1. The summed E-state index contributed by atoms with van der Waals surface area (Å²) in [4.78, 5) is 15.5. The number of carboxylic acid groups (broad SMARTS) is 1. The minimum Gasteiger partial charge on any atom is -0.478 e. The third kappa shape index (κ3) is 2.36. The van der Waals surface area contributed by atoms with E-state index in [-0.39, 0.29) is 6.04 Å². The van der Waals surface area contributed by atoms with Crippen molar-refractivity contribution in [2.45, 2.75) is 19.4 Å². The van der Waals surface area contributed by atoms with Crippen LogP contribution in [0.15, 0.2) is 24.5 Å². The summed E-state index contributed by atoms with van der Waals surface area (Å²) >= 11 is 1.79. The van der Waals surface area contributed by atoms with Crippen LogP contribution in [0.3, 0.4) is 0 Å². The lowest BCUT2D eigenvalue weighted by atomic mass is 10.1. The second kappa shape index (κ2) is 5.44. The minimum absolute atomic E-state index is 0.253. The second-order valence-corrected chi connectivity index (χ2v) is 5.25. The van der Waals surface area contributed by atoms with Crippen LogP contribution < -0.4 is 0 Å². The predicted molar refractivity (Wildman–Crippen MR) is 74.4 cm³/mol. The van der Waals surface area contributed by atoms with E-state index in [1.807, 2.05) is 10.6 Å². The van der Waals surface area contributed by atoms with Gasteiger partial charge in [-0.05, 0) is 37.5 Å². The van der Waals surface area contributed by atoms with Gasteiger partial charge in [0.2, 0.25) is 0 Å². The van der Waals surface area contributed by atoms with Crippen LogP contribution in [0.25, 0.3) is 11.0 Å². The number of benzene rings is 1. The van der Waals surface area contributed by atoms with E-state index in [0.717, 1.165) is 23.2 Å². The summed E-state index contributed by atoms with van der Waals surface area (Å²) in [5, 5.41) is 9.24. The van der Waals surface area contributed by atoms with Crippen molar-refractivity contribution in [3.63, 3.8) is 0 Å². The quantitative estimate of drug-likeness (QED) is 0.901. The molecular weight excluding hydrogens is 248 g/mol. The molecule has 1 N–H and O–H groups in total. The molecule has 4 nitrogen and oxygen atoms in total. The molecule has 2 aromatic rings. The number of hydrogen-bond acceptors (Lipinski definition) is 3. The Hall–Kier alpha value is -1.49. The van der Waals surface area contributed by atoms with E-state index in [9.17, 15) is 9.90 Å². The molecule has 18 heavy (non-hydrogen) atoms. The predicted octanol–water partition coefficient (Wildman–Crippen LogP) is 3.05. The molecule has 0 fully saturated rings. The van der Waals surface area contributed by atoms with E-state index in [0.29, 0.717) is 5.56 Å². The highest BCUT2D eigenvalue weighted by Crippen LogP contribution is 2.24. The average molecular weight is 264 g/mol. The third-order valence-electron chi connectivity index (χ3n) is 3.04. The lowest BCUT2D eigenvalue weighted by Crippen LogP contribution is -2.08. The van der Waals surface area contributed by atoms with Gasteiger partial charge in [0.25, 0.3) is 0 Å². The van der Waals surface area contributed by atoms with E-state index in [1.165, 1.54) is 0 Å². The van der Waals surface area contributed by atoms with Gasteiger partial charge in [0.1, 0.15) is 0 Å². The molecule has 0 spiro atoms. The summed E-state index contributed by atoms with van der Waals surface area (Å²) in [6, 6.07) is 5.46. The van der Waals surface area contributed by atoms with Crippen molar-refractivity contribution >= 4 is 28.8 Å². The first kappa shape index (κ1) is 13.0. The summed E-state index contributed by atoms with van der Waals surface area (Å²) in [6.45, 7) is 2.09. The smallest absolute Gasteiger partial charge is 0.337 e. The molecule has 1 heterocycles. The largest absolute Gasteiger partial charge is 0.478 e. The maximum Gasteiger partial charge on any atom is 0.337 e. The van der Waals surface area contributed by atoms with Crippen molar-refractivity contribution in [1.82, 2.24) is 9.55 Å². The Kier molecular flexibility index (Phi) is 3.91. The molecular formula is C13H16N2O2S. The summed E-state index contributed by atoms with van der Waals surface area (Å²) in [7, 11) is 0. The molecule has 0 saturated heterocycles. The summed E-state index contributed by atoms with van der Waals surface area (Å²) < 4.78 is 1.97. The number of aromatic nitrogens is 2. The highest BCUT2D eigenvalue weighted by molar-refractivity contribution is 7.98. The Morgan fingerprint density at radius 2 is 2.33 bits per heavy atom. The molecule has 1 unspecified atom stereocenters. The number of imidazole rings is 1. The van der Waals surface area contributed by atoms with E-state index < -0.39 is 5.97 Å². The topological polar surface area (TPSA) is 55.1 Å². The number of fused-ring (bicyclic) bond motifs is 1. The van der Waals surface area contributed by atoms with Gasteiger partial charge < -0.3 is 9.67 Å². The molecule has 0 aliphatic heterocycles. The Bertz CT molecular complexity index is 565. The van der Waals surface area contributed by atoms with Gasteiger partial charge in [0.15, 0.2) is 0 Å². The van der Waals surface area contributed by atoms with Gasteiger partial charge in [-0.25, -0.2) is 9.78 Å². The molecule has 0 aliphatic carbocycles. The maximum atomic E-state index is 11.3. The highest BCUT2D eigenvalue weighted by atomic mass is 32.2. The van der Waals surface area contributed by atoms with Crippen molar-refractivity contribution in [2.75, 3.05) is 12.0 Å². The van der Waals surface area contributed by atoms with Crippen LogP contribution in [0.5, 0.6) is 0 Å². The highest BCUT2D eigenvalue weighted by Gasteiger charge is 2.16. The Morgan fingerprint density at radius 3 is 3.00 bits per heavy atom. The Balaban J connectivity index is 2.48. The van der Waals surface area contributed by atoms with Crippen molar-refractivity contribution in [1.29, 1.82) is 0 Å². The second-order valence-electron chi connectivity index (χ2n) is 4.26. The van der Waals surface area contributed by atoms with Gasteiger partial charge in [-0.1, -0.05) is 6.07 Å². The standard InChI is InChI=1S/C13H16N2O2S/c1-9(6-7-18-2)15-8-14-11-5-3-4-10(12(11)15)13(16)17/h3-5,8-9H,6-7H2,1-2H3,(H,16,17). The number of nitrogens with zero attached hydrogens (tertiary/aromatic N) is 2. The fourth-order valence-corrected chi connectivity index (χ4v) is 2.60. The fourth-order valence-electron chi connectivity index (χ4n) is 2.02. The maximum absolute atomic E-state index is 11.3. The zero-order chi connectivity index (χ0) is 13.1. The SMILES string of the molecule is CSCCC(C)n1cnc2cccc(C(=O)O)c21. The van der Waals surface area contributed by atoms with Gasteiger partial charge in [-0.15, -0.1) is 0 Å². The molecule has 1 atom stereocenters. The number of carbonyl (C=O) groups is 1. The minimum atomic E-state index is -0.903. The third-order valence-corrected chi connectivity index (χ3v) is 3.68. The number of para-hydroxylation sites is 1. The van der Waals surface area contributed by atoms with Crippen LogP contribution in [0.4, 0.5) is 0 Å². The normalized spacial score (nSPS) is 12.8. The number of aromatic carboxylic acids is 1. The van der Waals surface area contributed by atoms with Crippen LogP contribution in [0.2, 0.25) is 0 Å². The van der Waals surface area contributed by atoms with Gasteiger partial charge in [0.05, 0.1) is 22.9 Å². The monoisotopic (exact) mass is 264 g/mol. The van der Waals surface area contributed by atoms with Crippen molar-refractivity contribution in [3.8, 4) is 0 Å². The Labute approximate surface area is 110 Å². The van der Waals surface area contributed by atoms with Gasteiger partial charge >= 0.3 is 5.97 Å². The number of rotatable bonds is 5. The first-order valence-electron chi connectivity index (χ1n) is 5.83. The van der Waals surface area contributed by atoms with E-state index in [1.54, 1.807) is 30.2 Å². The van der Waals surface area contributed by atoms with Gasteiger partial charge in [-0.3, -0.25) is 0 Å². The zero-order valence-electron chi connectivity index (χ0n) is 10.5. The average Bonchev–Trinajstić information content (AvgIpc) is 2.79. The lowest BCUT2D eigenvalue weighted by Gasteiger charge is -2.14. The molecule has 5 heteroatoms. The summed E-state index contributed by atoms with van der Waals surface area (Å²) in [5.41, 5.74) is 1.78. The first-order chi connectivity index (χ1) is 8.65. The van der Waals surface area contributed by atoms with Crippen molar-refractivity contribution in [2.24, 2.45) is 0 Å².